The molecule has 0 atom stereocenters. The summed E-state index contributed by atoms with van der Waals surface area (Å²) in [6.07, 6.45) is 1.75. The Hall–Kier alpha value is -2.21. The second-order valence-electron chi connectivity index (χ2n) is 4.45. The molecule has 3 rings (SSSR count). The summed E-state index contributed by atoms with van der Waals surface area (Å²) in [5.41, 5.74) is 2.55. The third kappa shape index (κ3) is 2.42. The summed E-state index contributed by atoms with van der Waals surface area (Å²) < 4.78 is 0.937. The lowest BCUT2D eigenvalue weighted by Crippen LogP contribution is -2.00. The first kappa shape index (κ1) is 12.8. The molecule has 0 fully saturated rings. The van der Waals surface area contributed by atoms with Crippen LogP contribution in [-0.4, -0.2) is 20.4 Å². The molecule has 0 spiro atoms. The second-order valence-corrected chi connectivity index (χ2v) is 5.37. The summed E-state index contributed by atoms with van der Waals surface area (Å²) in [7, 11) is 0. The van der Waals surface area contributed by atoms with E-state index in [0.29, 0.717) is 12.1 Å². The van der Waals surface area contributed by atoms with Gasteiger partial charge in [-0.1, -0.05) is 15.9 Å². The first-order valence-electron chi connectivity index (χ1n) is 6.01. The molecule has 1 heterocycles. The number of H-pyrrole nitrogens is 1. The molecular formula is C14H12BrN3O2. The maximum atomic E-state index is 9.77. The predicted octanol–water partition coefficient (Wildman–Crippen LogP) is 3.35. The molecular weight excluding hydrogens is 322 g/mol. The van der Waals surface area contributed by atoms with Gasteiger partial charge in [0.15, 0.2) is 0 Å². The number of hydrogen-bond donors (Lipinski definition) is 4. The summed E-state index contributed by atoms with van der Waals surface area (Å²) in [6, 6.07) is 8.46. The van der Waals surface area contributed by atoms with Gasteiger partial charge in [-0.2, -0.15) is 5.10 Å². The molecule has 0 aliphatic heterocycles. The number of aromatic amines is 1. The number of phenols is 2. The van der Waals surface area contributed by atoms with E-state index in [0.717, 1.165) is 21.1 Å². The Balaban J connectivity index is 1.88. The van der Waals surface area contributed by atoms with Gasteiger partial charge in [-0.15, -0.1) is 0 Å². The highest BCUT2D eigenvalue weighted by molar-refractivity contribution is 9.10. The standard InChI is InChI=1S/C14H12BrN3O2/c15-9-3-12(11-7-17-18-13(11)4-9)16-6-8-1-2-10(19)5-14(8)20/h1-5,7,16,19-20H,6H2,(H,17,18). The minimum atomic E-state index is 0.0472. The highest BCUT2D eigenvalue weighted by atomic mass is 79.9. The van der Waals surface area contributed by atoms with Crippen molar-refractivity contribution < 1.29 is 10.2 Å². The van der Waals surface area contributed by atoms with E-state index in [1.54, 1.807) is 18.3 Å². The summed E-state index contributed by atoms with van der Waals surface area (Å²) >= 11 is 3.45. The molecule has 0 saturated carbocycles. The van der Waals surface area contributed by atoms with Crippen LogP contribution in [0.1, 0.15) is 5.56 Å². The smallest absolute Gasteiger partial charge is 0.124 e. The van der Waals surface area contributed by atoms with Crippen molar-refractivity contribution in [3.8, 4) is 11.5 Å². The van der Waals surface area contributed by atoms with Crippen LogP contribution in [0.25, 0.3) is 10.9 Å². The molecule has 102 valence electrons. The molecule has 2 aromatic carbocycles. The molecule has 0 bridgehead atoms. The third-order valence-corrected chi connectivity index (χ3v) is 3.52. The maximum Gasteiger partial charge on any atom is 0.124 e. The zero-order chi connectivity index (χ0) is 14.1. The van der Waals surface area contributed by atoms with Crippen LogP contribution in [0.15, 0.2) is 41.0 Å². The number of fused-ring (bicyclic) bond motifs is 1. The van der Waals surface area contributed by atoms with Crippen LogP contribution in [0.2, 0.25) is 0 Å². The van der Waals surface area contributed by atoms with E-state index in [9.17, 15) is 10.2 Å². The largest absolute Gasteiger partial charge is 0.508 e. The molecule has 0 radical (unpaired) electrons. The van der Waals surface area contributed by atoms with E-state index in [4.69, 9.17) is 0 Å². The zero-order valence-electron chi connectivity index (χ0n) is 10.4. The number of nitrogens with one attached hydrogen (secondary N) is 2. The normalized spacial score (nSPS) is 10.8. The topological polar surface area (TPSA) is 81.2 Å². The van der Waals surface area contributed by atoms with Crippen LogP contribution >= 0.6 is 15.9 Å². The van der Waals surface area contributed by atoms with E-state index in [-0.39, 0.29) is 11.5 Å². The molecule has 3 aromatic rings. The number of phenolic OH excluding ortho intramolecular Hbond substituents is 2. The number of rotatable bonds is 3. The highest BCUT2D eigenvalue weighted by Crippen LogP contribution is 2.28. The van der Waals surface area contributed by atoms with Gasteiger partial charge >= 0.3 is 0 Å². The van der Waals surface area contributed by atoms with Crippen LogP contribution in [0.3, 0.4) is 0 Å². The minimum absolute atomic E-state index is 0.0472. The Kier molecular flexibility index (Phi) is 3.23. The van der Waals surface area contributed by atoms with Crippen molar-refractivity contribution in [2.45, 2.75) is 6.54 Å². The van der Waals surface area contributed by atoms with Crippen LogP contribution in [0, 0.1) is 0 Å². The maximum absolute atomic E-state index is 9.77. The van der Waals surface area contributed by atoms with Crippen molar-refractivity contribution in [3.63, 3.8) is 0 Å². The number of nitrogens with zero attached hydrogens (tertiary/aromatic N) is 1. The number of anilines is 1. The Morgan fingerprint density at radius 3 is 2.85 bits per heavy atom. The van der Waals surface area contributed by atoms with E-state index >= 15 is 0 Å². The molecule has 5 nitrogen and oxygen atoms in total. The van der Waals surface area contributed by atoms with Gasteiger partial charge in [0.05, 0.1) is 11.7 Å². The Morgan fingerprint density at radius 1 is 1.20 bits per heavy atom. The number of aromatic nitrogens is 2. The average molecular weight is 334 g/mol. The number of hydrogen-bond acceptors (Lipinski definition) is 4. The Labute approximate surface area is 123 Å². The molecule has 4 N–H and O–H groups in total. The average Bonchev–Trinajstić information content (AvgIpc) is 2.85. The predicted molar refractivity (Wildman–Crippen MR) is 80.9 cm³/mol. The molecule has 0 aliphatic carbocycles. The summed E-state index contributed by atoms with van der Waals surface area (Å²) in [4.78, 5) is 0. The molecule has 20 heavy (non-hydrogen) atoms. The van der Waals surface area contributed by atoms with Gasteiger partial charge < -0.3 is 15.5 Å². The lowest BCUT2D eigenvalue weighted by atomic mass is 10.1. The van der Waals surface area contributed by atoms with Crippen molar-refractivity contribution in [1.29, 1.82) is 0 Å². The Morgan fingerprint density at radius 2 is 2.05 bits per heavy atom. The number of aromatic hydroxyl groups is 2. The molecule has 0 amide bonds. The van der Waals surface area contributed by atoms with E-state index in [1.165, 1.54) is 6.07 Å². The van der Waals surface area contributed by atoms with Gasteiger partial charge in [-0.3, -0.25) is 5.10 Å². The second kappa shape index (κ2) is 5.05. The van der Waals surface area contributed by atoms with Crippen molar-refractivity contribution in [2.24, 2.45) is 0 Å². The van der Waals surface area contributed by atoms with Gasteiger partial charge in [0.25, 0.3) is 0 Å². The monoisotopic (exact) mass is 333 g/mol. The lowest BCUT2D eigenvalue weighted by molar-refractivity contribution is 0.446. The molecule has 0 unspecified atom stereocenters. The fraction of sp³-hybridized carbons (Fsp3) is 0.0714. The highest BCUT2D eigenvalue weighted by Gasteiger charge is 2.07. The lowest BCUT2D eigenvalue weighted by Gasteiger charge is -2.10. The van der Waals surface area contributed by atoms with Crippen molar-refractivity contribution in [3.05, 3.63) is 46.6 Å². The fourth-order valence-electron chi connectivity index (χ4n) is 2.05. The van der Waals surface area contributed by atoms with Crippen molar-refractivity contribution in [1.82, 2.24) is 10.2 Å². The minimum Gasteiger partial charge on any atom is -0.508 e. The van der Waals surface area contributed by atoms with Crippen molar-refractivity contribution >= 4 is 32.5 Å². The molecule has 1 aromatic heterocycles. The van der Waals surface area contributed by atoms with Gasteiger partial charge in [0, 0.05) is 33.7 Å². The van der Waals surface area contributed by atoms with Crippen LogP contribution in [-0.2, 0) is 6.54 Å². The Bertz CT molecular complexity index is 770. The third-order valence-electron chi connectivity index (χ3n) is 3.06. The zero-order valence-corrected chi connectivity index (χ0v) is 12.0. The summed E-state index contributed by atoms with van der Waals surface area (Å²) in [5.74, 6) is 0.113. The first-order valence-corrected chi connectivity index (χ1v) is 6.80. The number of halogens is 1. The van der Waals surface area contributed by atoms with Crippen molar-refractivity contribution in [2.75, 3.05) is 5.32 Å². The fourth-order valence-corrected chi connectivity index (χ4v) is 2.51. The van der Waals surface area contributed by atoms with Crippen LogP contribution in [0.4, 0.5) is 5.69 Å². The molecule has 6 heteroatoms. The van der Waals surface area contributed by atoms with Crippen LogP contribution < -0.4 is 5.32 Å². The first-order chi connectivity index (χ1) is 9.63. The van der Waals surface area contributed by atoms with Gasteiger partial charge in [0.2, 0.25) is 0 Å². The quantitative estimate of drug-likeness (QED) is 0.592. The van der Waals surface area contributed by atoms with E-state index in [2.05, 4.69) is 31.4 Å². The van der Waals surface area contributed by atoms with E-state index in [1.807, 2.05) is 12.1 Å². The summed E-state index contributed by atoms with van der Waals surface area (Å²) in [5, 5.41) is 30.2. The van der Waals surface area contributed by atoms with Crippen LogP contribution in [0.5, 0.6) is 11.5 Å². The molecule has 0 aliphatic rings. The van der Waals surface area contributed by atoms with Gasteiger partial charge in [-0.05, 0) is 24.3 Å². The SMILES string of the molecule is Oc1ccc(CNc2cc(Br)cc3[nH]ncc23)c(O)c1. The van der Waals surface area contributed by atoms with E-state index < -0.39 is 0 Å². The number of benzene rings is 2. The van der Waals surface area contributed by atoms with Gasteiger partial charge in [-0.25, -0.2) is 0 Å². The summed E-state index contributed by atoms with van der Waals surface area (Å²) in [6.45, 7) is 0.447. The van der Waals surface area contributed by atoms with Gasteiger partial charge in [0.1, 0.15) is 11.5 Å². The molecule has 0 saturated heterocycles.